The maximum absolute atomic E-state index is 12.1. The molecule has 0 N–H and O–H groups in total. The van der Waals surface area contributed by atoms with Crippen LogP contribution < -0.4 is 0 Å². The second-order valence-electron chi connectivity index (χ2n) is 11.5. The lowest BCUT2D eigenvalue weighted by molar-refractivity contribution is -0.163. The van der Waals surface area contributed by atoms with Gasteiger partial charge in [0, 0.05) is 38.8 Å². The smallest absolute Gasteiger partial charge is 0.310 e. The number of carbonyl (C=O) groups excluding carboxylic acids is 2. The number of hydrogen-bond donors (Lipinski definition) is 0. The number of rotatable bonds is 14. The second kappa shape index (κ2) is 17.0. The van der Waals surface area contributed by atoms with Crippen LogP contribution in [-0.2, 0) is 41.6 Å². The molecule has 3 rings (SSSR count). The highest BCUT2D eigenvalue weighted by molar-refractivity contribution is 6.76. The molecule has 6 nitrogen and oxygen atoms in total. The number of esters is 2. The van der Waals surface area contributed by atoms with E-state index in [0.717, 1.165) is 67.0 Å². The van der Waals surface area contributed by atoms with Crippen molar-refractivity contribution in [2.45, 2.75) is 89.9 Å². The summed E-state index contributed by atoms with van der Waals surface area (Å²) in [6, 6.07) is 16.4. The summed E-state index contributed by atoms with van der Waals surface area (Å²) in [4.78, 5) is 24.1. The quantitative estimate of drug-likeness (QED) is 0.111. The summed E-state index contributed by atoms with van der Waals surface area (Å²) in [7, 11) is -1.20. The van der Waals surface area contributed by atoms with E-state index in [1.165, 1.54) is 6.42 Å². The average Bonchev–Trinajstić information content (AvgIpc) is 2.94. The monoisotopic (exact) mass is 564 g/mol. The van der Waals surface area contributed by atoms with Gasteiger partial charge >= 0.3 is 11.9 Å². The summed E-state index contributed by atoms with van der Waals surface area (Å²) in [6.45, 7) is 9.03. The molecular weight excluding hydrogens is 520 g/mol. The highest BCUT2D eigenvalue weighted by atomic mass is 28.3. The van der Waals surface area contributed by atoms with E-state index in [0.29, 0.717) is 19.6 Å². The predicted molar refractivity (Wildman–Crippen MR) is 159 cm³/mol. The first kappa shape index (κ1) is 31.6. The average molecular weight is 565 g/mol. The molecule has 1 unspecified atom stereocenters. The molecule has 1 fully saturated rings. The van der Waals surface area contributed by atoms with Crippen LogP contribution >= 0.6 is 0 Å². The molecule has 1 aliphatic rings. The van der Waals surface area contributed by atoms with Gasteiger partial charge in [-0.1, -0.05) is 62.2 Å². The van der Waals surface area contributed by atoms with E-state index >= 15 is 0 Å². The fourth-order valence-corrected chi connectivity index (χ4v) is 4.78. The summed E-state index contributed by atoms with van der Waals surface area (Å²) in [5.41, 5.74) is 3.61. The van der Waals surface area contributed by atoms with Gasteiger partial charge in [-0.15, -0.1) is 0 Å². The molecule has 0 amide bonds. The maximum Gasteiger partial charge on any atom is 0.310 e. The van der Waals surface area contributed by atoms with Gasteiger partial charge in [0.2, 0.25) is 0 Å². The summed E-state index contributed by atoms with van der Waals surface area (Å²) < 4.78 is 22.1. The minimum Gasteiger partial charge on any atom is -0.466 e. The Bertz CT molecular complexity index is 1100. The van der Waals surface area contributed by atoms with Gasteiger partial charge in [0.05, 0.1) is 13.0 Å². The molecule has 0 radical (unpaired) electrons. The van der Waals surface area contributed by atoms with Crippen molar-refractivity contribution in [1.29, 1.82) is 0 Å². The Morgan fingerprint density at radius 2 is 1.50 bits per heavy atom. The molecule has 0 aliphatic carbocycles. The van der Waals surface area contributed by atoms with Crippen molar-refractivity contribution in [3.8, 4) is 11.8 Å². The molecular formula is C33H44O6Si. The van der Waals surface area contributed by atoms with Gasteiger partial charge in [0.15, 0.2) is 6.29 Å². The summed E-state index contributed by atoms with van der Waals surface area (Å²) in [5.74, 6) is 5.95. The van der Waals surface area contributed by atoms with E-state index in [4.69, 9.17) is 18.9 Å². The van der Waals surface area contributed by atoms with E-state index < -0.39 is 8.07 Å². The van der Waals surface area contributed by atoms with Gasteiger partial charge in [-0.3, -0.25) is 9.59 Å². The van der Waals surface area contributed by atoms with Gasteiger partial charge in [0.25, 0.3) is 0 Å². The van der Waals surface area contributed by atoms with Crippen LogP contribution in [0, 0.1) is 11.8 Å². The zero-order chi connectivity index (χ0) is 28.6. The van der Waals surface area contributed by atoms with Crippen LogP contribution in [0.1, 0.15) is 67.2 Å². The molecule has 1 aliphatic heterocycles. The zero-order valence-corrected chi connectivity index (χ0v) is 25.3. The van der Waals surface area contributed by atoms with Crippen LogP contribution in [0.2, 0.25) is 25.7 Å². The summed E-state index contributed by atoms with van der Waals surface area (Å²) in [5, 5.41) is 0. The fraction of sp³-hybridized carbons (Fsp3) is 0.515. The second-order valence-corrected chi connectivity index (χ2v) is 17.1. The van der Waals surface area contributed by atoms with Crippen LogP contribution in [0.4, 0.5) is 0 Å². The van der Waals surface area contributed by atoms with Crippen molar-refractivity contribution in [2.75, 3.05) is 19.8 Å². The zero-order valence-electron chi connectivity index (χ0n) is 24.3. The highest BCUT2D eigenvalue weighted by Gasteiger charge is 2.15. The van der Waals surface area contributed by atoms with Crippen LogP contribution in [0.15, 0.2) is 48.5 Å². The summed E-state index contributed by atoms with van der Waals surface area (Å²) >= 11 is 0. The summed E-state index contributed by atoms with van der Waals surface area (Å²) in [6.07, 6.45) is 6.57. The standard InChI is InChI=1S/C33H44O6Si/c1-40(2,3)24-23-36-32(35)25-29-17-13-27(14-18-29)11-12-28-15-19-30(20-16-28)26-39-31(34)9-5-4-7-21-37-33-10-6-8-22-38-33/h13-20,33H,4-10,21-26H2,1-3H3. The van der Waals surface area contributed by atoms with Gasteiger partial charge < -0.3 is 18.9 Å². The molecule has 216 valence electrons. The number of carbonyl (C=O) groups is 2. The minimum atomic E-state index is -1.20. The van der Waals surface area contributed by atoms with Crippen molar-refractivity contribution in [3.63, 3.8) is 0 Å². The van der Waals surface area contributed by atoms with Crippen LogP contribution in [-0.4, -0.2) is 46.1 Å². The largest absolute Gasteiger partial charge is 0.466 e. The lowest BCUT2D eigenvalue weighted by atomic mass is 10.1. The van der Waals surface area contributed by atoms with Gasteiger partial charge in [0.1, 0.15) is 6.61 Å². The molecule has 0 saturated carbocycles. The molecule has 1 atom stereocenters. The van der Waals surface area contributed by atoms with Crippen LogP contribution in [0.25, 0.3) is 0 Å². The molecule has 2 aromatic carbocycles. The molecule has 0 bridgehead atoms. The molecule has 40 heavy (non-hydrogen) atoms. The van der Waals surface area contributed by atoms with E-state index in [1.807, 2.05) is 48.5 Å². The molecule has 1 saturated heterocycles. The third kappa shape index (κ3) is 13.4. The fourth-order valence-electron chi connectivity index (χ4n) is 4.06. The molecule has 7 heteroatoms. The molecule has 0 spiro atoms. The Hall–Kier alpha value is -2.92. The van der Waals surface area contributed by atoms with E-state index in [9.17, 15) is 9.59 Å². The van der Waals surface area contributed by atoms with Gasteiger partial charge in [-0.05, 0) is 73.5 Å². The first-order valence-electron chi connectivity index (χ1n) is 14.5. The van der Waals surface area contributed by atoms with Crippen molar-refractivity contribution < 1.29 is 28.5 Å². The number of hydrogen-bond acceptors (Lipinski definition) is 6. The molecule has 0 aromatic heterocycles. The Labute approximate surface area is 240 Å². The first-order valence-corrected chi connectivity index (χ1v) is 18.2. The van der Waals surface area contributed by atoms with Gasteiger partial charge in [-0.25, -0.2) is 0 Å². The lowest BCUT2D eigenvalue weighted by Crippen LogP contribution is -2.23. The van der Waals surface area contributed by atoms with Crippen LogP contribution in [0.5, 0.6) is 0 Å². The first-order chi connectivity index (χ1) is 19.3. The topological polar surface area (TPSA) is 71.1 Å². The van der Waals surface area contributed by atoms with Crippen molar-refractivity contribution in [2.24, 2.45) is 0 Å². The van der Waals surface area contributed by atoms with E-state index in [1.54, 1.807) is 0 Å². The Morgan fingerprint density at radius 1 is 0.825 bits per heavy atom. The van der Waals surface area contributed by atoms with Crippen LogP contribution in [0.3, 0.4) is 0 Å². The predicted octanol–water partition coefficient (Wildman–Crippen LogP) is 6.66. The van der Waals surface area contributed by atoms with Gasteiger partial charge in [-0.2, -0.15) is 0 Å². The van der Waals surface area contributed by atoms with Crippen molar-refractivity contribution >= 4 is 20.0 Å². The normalized spacial score (nSPS) is 15.1. The lowest BCUT2D eigenvalue weighted by Gasteiger charge is -2.22. The molecule has 2 aromatic rings. The van der Waals surface area contributed by atoms with E-state index in [-0.39, 0.29) is 31.3 Å². The number of ether oxygens (including phenoxy) is 4. The van der Waals surface area contributed by atoms with Crippen molar-refractivity contribution in [1.82, 2.24) is 0 Å². The maximum atomic E-state index is 12.1. The van der Waals surface area contributed by atoms with E-state index in [2.05, 4.69) is 31.5 Å². The third-order valence-electron chi connectivity index (χ3n) is 6.59. The number of unbranched alkanes of at least 4 members (excludes halogenated alkanes) is 2. The third-order valence-corrected chi connectivity index (χ3v) is 8.29. The Balaban J connectivity index is 1.30. The number of benzene rings is 2. The SMILES string of the molecule is C[Si](C)(C)CCOC(=O)Cc1ccc(C#Cc2ccc(COC(=O)CCCCCOC3CCCCO3)cc2)cc1. The van der Waals surface area contributed by atoms with Crippen molar-refractivity contribution in [3.05, 3.63) is 70.8 Å². The Morgan fingerprint density at radius 3 is 2.12 bits per heavy atom. The molecule has 1 heterocycles. The minimum absolute atomic E-state index is 0.0457. The Kier molecular flexibility index (Phi) is 13.4. The highest BCUT2D eigenvalue weighted by Crippen LogP contribution is 2.15.